The molecule has 35 heavy (non-hydrogen) atoms. The van der Waals surface area contributed by atoms with Crippen LogP contribution in [0.1, 0.15) is 16.7 Å². The molecule has 0 bridgehead atoms. The molecule has 3 aromatic carbocycles. The van der Waals surface area contributed by atoms with Crippen LogP contribution in [0.4, 0.5) is 0 Å². The van der Waals surface area contributed by atoms with Crippen molar-refractivity contribution in [2.24, 2.45) is 4.52 Å². The molecule has 0 aromatic heterocycles. The van der Waals surface area contributed by atoms with Crippen LogP contribution in [0.3, 0.4) is 0 Å². The zero-order chi connectivity index (χ0) is 25.3. The highest BCUT2D eigenvalue weighted by molar-refractivity contribution is 7.75. The van der Waals surface area contributed by atoms with Gasteiger partial charge < -0.3 is 9.05 Å². The molecule has 0 radical (unpaired) electrons. The van der Waals surface area contributed by atoms with Crippen LogP contribution in [0.15, 0.2) is 77.3 Å². The van der Waals surface area contributed by atoms with E-state index in [9.17, 15) is 0 Å². The third-order valence-electron chi connectivity index (χ3n) is 4.54. The molecule has 8 nitrogen and oxygen atoms in total. The summed E-state index contributed by atoms with van der Waals surface area (Å²) in [7, 11) is -2.10. The van der Waals surface area contributed by atoms with Crippen molar-refractivity contribution in [3.8, 4) is 17.2 Å². The zero-order valence-corrected chi connectivity index (χ0v) is 23.3. The van der Waals surface area contributed by atoms with E-state index in [0.29, 0.717) is 17.2 Å². The number of aryl methyl sites for hydroxylation is 3. The molecule has 0 saturated heterocycles. The molecule has 3 unspecified atom stereocenters. The molecular weight excluding hydrogens is 505 g/mol. The fraction of sp³-hybridized carbons (Fsp3) is 0.250. The van der Waals surface area contributed by atoms with E-state index in [2.05, 4.69) is 4.86 Å². The average molecular weight is 536 g/mol. The summed E-state index contributed by atoms with van der Waals surface area (Å²) in [5, 5.41) is 0. The van der Waals surface area contributed by atoms with Gasteiger partial charge in [-0.25, -0.2) is 4.52 Å². The van der Waals surface area contributed by atoms with E-state index in [0.717, 1.165) is 16.7 Å². The monoisotopic (exact) mass is 536 g/mol. The normalized spacial score (nSPS) is 14.2. The molecule has 0 heterocycles. The van der Waals surface area contributed by atoms with Gasteiger partial charge in [0.2, 0.25) is 4.52 Å². The lowest BCUT2D eigenvalue weighted by Crippen LogP contribution is -2.18. The van der Waals surface area contributed by atoms with Crippen molar-refractivity contribution in [3.05, 3.63) is 89.5 Å². The lowest BCUT2D eigenvalue weighted by molar-refractivity contribution is 0.351. The molecule has 0 fully saturated rings. The van der Waals surface area contributed by atoms with Gasteiger partial charge in [-0.15, -0.1) is 4.52 Å². The number of benzene rings is 3. The van der Waals surface area contributed by atoms with E-state index in [1.807, 2.05) is 93.6 Å². The van der Waals surface area contributed by atoms with E-state index >= 15 is 0 Å². The van der Waals surface area contributed by atoms with Gasteiger partial charge in [-0.2, -0.15) is 4.52 Å². The largest absolute Gasteiger partial charge is 0.659 e. The molecule has 3 atom stereocenters. The highest BCUT2D eigenvalue weighted by Crippen LogP contribution is 2.66. The topological polar surface area (TPSA) is 79.8 Å². The van der Waals surface area contributed by atoms with Crippen molar-refractivity contribution in [3.63, 3.8) is 0 Å². The molecule has 0 amide bonds. The van der Waals surface area contributed by atoms with Crippen LogP contribution in [0.5, 0.6) is 17.2 Å². The van der Waals surface area contributed by atoms with Crippen molar-refractivity contribution in [2.45, 2.75) is 20.8 Å². The number of nitrogens with one attached hydrogen (secondary N) is 1. The quantitative estimate of drug-likeness (QED) is 0.235. The van der Waals surface area contributed by atoms with Crippen LogP contribution in [0.2, 0.25) is 0 Å². The van der Waals surface area contributed by atoms with Gasteiger partial charge >= 0.3 is 24.7 Å². The second kappa shape index (κ2) is 13.2. The second-order valence-corrected chi connectivity index (χ2v) is 12.7. The lowest BCUT2D eigenvalue weighted by Gasteiger charge is -2.19. The highest BCUT2D eigenvalue weighted by Gasteiger charge is 2.56. The molecule has 0 aliphatic rings. The van der Waals surface area contributed by atoms with Crippen molar-refractivity contribution in [1.29, 1.82) is 0 Å². The minimum atomic E-state index is -3.23. The summed E-state index contributed by atoms with van der Waals surface area (Å²) in [6.45, 7) is 5.96. The fourth-order valence-electron chi connectivity index (χ4n) is 2.91. The molecule has 1 N–H and O–H groups in total. The summed E-state index contributed by atoms with van der Waals surface area (Å²) < 4.78 is 40.3. The summed E-state index contributed by atoms with van der Waals surface area (Å²) >= 11 is 0. The van der Waals surface area contributed by atoms with Crippen LogP contribution >= 0.6 is 24.7 Å². The van der Waals surface area contributed by atoms with Gasteiger partial charge in [0, 0.05) is 7.11 Å². The molecule has 3 aromatic rings. The smallest absolute Gasteiger partial charge is 0.434 e. The van der Waals surface area contributed by atoms with Crippen molar-refractivity contribution < 1.29 is 27.1 Å². The number of hydrogen-bond acceptors (Lipinski definition) is 8. The van der Waals surface area contributed by atoms with Crippen molar-refractivity contribution >= 4 is 24.7 Å². The first-order chi connectivity index (χ1) is 16.8. The average Bonchev–Trinajstić information content (AvgIpc) is 2.83. The maximum atomic E-state index is 6.34. The standard InChI is InChI=1S/C24H31N2O6P3/c1-19-10-7-13-22(16-19)30-33(27-4)25-35(29-6,32-24-15-9-12-21(3)18-24)26-34(28-5)31-23-14-8-11-20(2)17-23/h7-18,25H,1-6H3/q+2. The van der Waals surface area contributed by atoms with E-state index in [4.69, 9.17) is 31.7 Å². The molecule has 0 aliphatic carbocycles. The Hall–Kier alpha value is -2.14. The molecule has 186 valence electrons. The third kappa shape index (κ3) is 8.49. The van der Waals surface area contributed by atoms with Gasteiger partial charge in [0.25, 0.3) is 0 Å². The predicted molar refractivity (Wildman–Crippen MR) is 143 cm³/mol. The lowest BCUT2D eigenvalue weighted by atomic mass is 10.2. The Morgan fingerprint density at radius 3 is 1.86 bits per heavy atom. The highest BCUT2D eigenvalue weighted by atomic mass is 31.3. The first-order valence-corrected chi connectivity index (χ1v) is 14.6. The molecule has 11 heteroatoms. The number of hydrogen-bond donors (Lipinski definition) is 1. The molecule has 3 rings (SSSR count). The van der Waals surface area contributed by atoms with Crippen LogP contribution in [0, 0.1) is 20.8 Å². The maximum Gasteiger partial charge on any atom is 0.659 e. The minimum Gasteiger partial charge on any atom is -0.434 e. The minimum absolute atomic E-state index is 0.583. The zero-order valence-electron chi connectivity index (χ0n) is 20.7. The van der Waals surface area contributed by atoms with Crippen molar-refractivity contribution in [2.75, 3.05) is 21.3 Å². The summed E-state index contributed by atoms with van der Waals surface area (Å²) in [5.74, 6) is 1.87. The molecule has 0 spiro atoms. The van der Waals surface area contributed by atoms with Crippen LogP contribution < -0.4 is 18.4 Å². The van der Waals surface area contributed by atoms with Gasteiger partial charge in [0.15, 0.2) is 11.5 Å². The van der Waals surface area contributed by atoms with Crippen LogP contribution in [-0.4, -0.2) is 21.3 Å². The fourth-order valence-corrected chi connectivity index (χ4v) is 8.10. The van der Waals surface area contributed by atoms with Gasteiger partial charge in [-0.05, 0) is 78.7 Å². The Morgan fingerprint density at radius 1 is 0.771 bits per heavy atom. The van der Waals surface area contributed by atoms with Crippen LogP contribution in [0.25, 0.3) is 0 Å². The van der Waals surface area contributed by atoms with Crippen molar-refractivity contribution in [1.82, 2.24) is 4.86 Å². The van der Waals surface area contributed by atoms with E-state index in [1.54, 1.807) is 7.11 Å². The van der Waals surface area contributed by atoms with Crippen LogP contribution in [-0.2, 0) is 13.6 Å². The first-order valence-electron chi connectivity index (χ1n) is 10.7. The second-order valence-electron chi connectivity index (χ2n) is 7.48. The van der Waals surface area contributed by atoms with Gasteiger partial charge in [-0.1, -0.05) is 36.4 Å². The number of nitrogens with zero attached hydrogens (tertiary/aromatic N) is 1. The maximum absolute atomic E-state index is 6.34. The third-order valence-corrected chi connectivity index (χ3v) is 10.1. The Balaban J connectivity index is 1.95. The first kappa shape index (κ1) is 27.4. The summed E-state index contributed by atoms with van der Waals surface area (Å²) in [5.41, 5.74) is 3.16. The number of rotatable bonds is 12. The summed E-state index contributed by atoms with van der Waals surface area (Å²) in [6, 6.07) is 23.0. The summed E-state index contributed by atoms with van der Waals surface area (Å²) in [4.78, 5) is 3.24. The predicted octanol–water partition coefficient (Wildman–Crippen LogP) is 8.08. The van der Waals surface area contributed by atoms with Gasteiger partial charge in [0.05, 0.1) is 14.2 Å². The Labute approximate surface area is 210 Å². The van der Waals surface area contributed by atoms with Gasteiger partial charge in [0.1, 0.15) is 5.75 Å². The molecule has 0 saturated carbocycles. The van der Waals surface area contributed by atoms with E-state index in [-0.39, 0.29) is 0 Å². The van der Waals surface area contributed by atoms with Gasteiger partial charge in [-0.3, -0.25) is 4.52 Å². The van der Waals surface area contributed by atoms with E-state index < -0.39 is 24.7 Å². The molecule has 0 aliphatic heterocycles. The summed E-state index contributed by atoms with van der Waals surface area (Å²) in [6.07, 6.45) is 0. The Morgan fingerprint density at radius 2 is 1.31 bits per heavy atom. The molecular formula is C24H31N2O6P3+2. The van der Waals surface area contributed by atoms with E-state index in [1.165, 1.54) is 14.2 Å². The SMILES string of the molecule is COP(N[P+](N=[P+](OC)Oc1cccc(C)c1)(OC)Oc1cccc(C)c1)Oc1cccc(C)c1. The Bertz CT molecular complexity index is 1150. The Kier molecular flexibility index (Phi) is 10.4.